The van der Waals surface area contributed by atoms with E-state index in [2.05, 4.69) is 0 Å². The number of aryl methyl sites for hydroxylation is 2. The summed E-state index contributed by atoms with van der Waals surface area (Å²) in [5.74, 6) is 1.44. The highest BCUT2D eigenvalue weighted by atomic mass is 16.5. The number of hydrogen-bond donors (Lipinski definition) is 0. The fourth-order valence-electron chi connectivity index (χ4n) is 2.08. The molecule has 0 heterocycles. The van der Waals surface area contributed by atoms with Crippen LogP contribution in [0, 0.1) is 19.8 Å². The van der Waals surface area contributed by atoms with E-state index in [9.17, 15) is 4.79 Å². The number of hydrogen-bond acceptors (Lipinski definition) is 2. The molecular formula is C14H18O2. The smallest absolute Gasteiger partial charge is 0.154 e. The molecular weight excluding hydrogens is 200 g/mol. The van der Waals surface area contributed by atoms with Gasteiger partial charge in [-0.05, 0) is 49.8 Å². The first kappa shape index (κ1) is 11.2. The SMILES string of the molecule is Cc1cc(C)c(C=O)c(OCC2CCC2)c1. The molecule has 1 aromatic carbocycles. The van der Waals surface area contributed by atoms with E-state index >= 15 is 0 Å². The van der Waals surface area contributed by atoms with Crippen LogP contribution in [0.15, 0.2) is 12.1 Å². The second kappa shape index (κ2) is 4.69. The number of ether oxygens (including phenoxy) is 1. The predicted molar refractivity (Wildman–Crippen MR) is 64.1 cm³/mol. The van der Waals surface area contributed by atoms with E-state index in [1.54, 1.807) is 0 Å². The number of benzene rings is 1. The minimum atomic E-state index is 0.695. The van der Waals surface area contributed by atoms with Crippen LogP contribution in [0.25, 0.3) is 0 Å². The lowest BCUT2D eigenvalue weighted by Gasteiger charge is -2.25. The zero-order chi connectivity index (χ0) is 11.5. The summed E-state index contributed by atoms with van der Waals surface area (Å²) in [6, 6.07) is 3.97. The maximum absolute atomic E-state index is 11.0. The van der Waals surface area contributed by atoms with E-state index in [4.69, 9.17) is 4.74 Å². The third kappa shape index (κ3) is 2.26. The number of aldehydes is 1. The van der Waals surface area contributed by atoms with Gasteiger partial charge in [-0.3, -0.25) is 4.79 Å². The summed E-state index contributed by atoms with van der Waals surface area (Å²) < 4.78 is 5.76. The van der Waals surface area contributed by atoms with Gasteiger partial charge in [-0.2, -0.15) is 0 Å². The predicted octanol–water partition coefficient (Wildman–Crippen LogP) is 3.29. The van der Waals surface area contributed by atoms with Gasteiger partial charge < -0.3 is 4.74 Å². The summed E-state index contributed by atoms with van der Waals surface area (Å²) in [6.45, 7) is 4.73. The van der Waals surface area contributed by atoms with Crippen LogP contribution in [0.3, 0.4) is 0 Å². The fraction of sp³-hybridized carbons (Fsp3) is 0.500. The largest absolute Gasteiger partial charge is 0.493 e. The lowest BCUT2D eigenvalue weighted by Crippen LogP contribution is -2.19. The molecule has 0 amide bonds. The molecule has 0 aromatic heterocycles. The van der Waals surface area contributed by atoms with E-state index in [1.807, 2.05) is 26.0 Å². The Morgan fingerprint density at radius 1 is 1.38 bits per heavy atom. The molecule has 1 saturated carbocycles. The van der Waals surface area contributed by atoms with Gasteiger partial charge in [0.15, 0.2) is 6.29 Å². The Morgan fingerprint density at radius 2 is 2.12 bits per heavy atom. The molecule has 16 heavy (non-hydrogen) atoms. The molecule has 0 spiro atoms. The van der Waals surface area contributed by atoms with Crippen LogP contribution in [0.1, 0.15) is 40.7 Å². The number of carbonyl (C=O) groups is 1. The molecule has 86 valence electrons. The molecule has 2 nitrogen and oxygen atoms in total. The third-order valence-electron chi connectivity index (χ3n) is 3.31. The minimum Gasteiger partial charge on any atom is -0.493 e. The van der Waals surface area contributed by atoms with Crippen molar-refractivity contribution in [3.05, 3.63) is 28.8 Å². The van der Waals surface area contributed by atoms with Crippen molar-refractivity contribution in [2.45, 2.75) is 33.1 Å². The van der Waals surface area contributed by atoms with Gasteiger partial charge >= 0.3 is 0 Å². The number of carbonyl (C=O) groups excluding carboxylic acids is 1. The van der Waals surface area contributed by atoms with Crippen molar-refractivity contribution < 1.29 is 9.53 Å². The Labute approximate surface area is 96.6 Å². The first-order valence-electron chi connectivity index (χ1n) is 5.90. The van der Waals surface area contributed by atoms with Crippen LogP contribution in [0.5, 0.6) is 5.75 Å². The van der Waals surface area contributed by atoms with Crippen molar-refractivity contribution in [3.8, 4) is 5.75 Å². The highest BCUT2D eigenvalue weighted by molar-refractivity contribution is 5.81. The van der Waals surface area contributed by atoms with Gasteiger partial charge in [0.25, 0.3) is 0 Å². The first-order chi connectivity index (χ1) is 7.70. The molecule has 2 heteroatoms. The second-order valence-corrected chi connectivity index (χ2v) is 4.72. The van der Waals surface area contributed by atoms with E-state index in [1.165, 1.54) is 19.3 Å². The maximum atomic E-state index is 11.0. The average Bonchev–Trinajstić information content (AvgIpc) is 2.14. The average molecular weight is 218 g/mol. The van der Waals surface area contributed by atoms with Crippen molar-refractivity contribution in [3.63, 3.8) is 0 Å². The van der Waals surface area contributed by atoms with Crippen molar-refractivity contribution >= 4 is 6.29 Å². The van der Waals surface area contributed by atoms with E-state index in [0.717, 1.165) is 29.8 Å². The lowest BCUT2D eigenvalue weighted by molar-refractivity contribution is 0.111. The minimum absolute atomic E-state index is 0.695. The zero-order valence-corrected chi connectivity index (χ0v) is 9.95. The topological polar surface area (TPSA) is 26.3 Å². The Balaban J connectivity index is 2.13. The van der Waals surface area contributed by atoms with Crippen LogP contribution in [-0.4, -0.2) is 12.9 Å². The van der Waals surface area contributed by atoms with Crippen LogP contribution in [0.4, 0.5) is 0 Å². The molecule has 0 bridgehead atoms. The molecule has 0 atom stereocenters. The molecule has 0 unspecified atom stereocenters. The number of rotatable bonds is 4. The Hall–Kier alpha value is -1.31. The van der Waals surface area contributed by atoms with Crippen LogP contribution >= 0.6 is 0 Å². The Bertz CT molecular complexity index is 392. The van der Waals surface area contributed by atoms with Crippen LogP contribution in [-0.2, 0) is 0 Å². The first-order valence-corrected chi connectivity index (χ1v) is 5.90. The van der Waals surface area contributed by atoms with Gasteiger partial charge in [0, 0.05) is 0 Å². The van der Waals surface area contributed by atoms with Crippen molar-refractivity contribution in [1.29, 1.82) is 0 Å². The maximum Gasteiger partial charge on any atom is 0.154 e. The van der Waals surface area contributed by atoms with E-state index in [0.29, 0.717) is 11.5 Å². The van der Waals surface area contributed by atoms with Crippen LogP contribution in [0.2, 0.25) is 0 Å². The summed E-state index contributed by atoms with van der Waals surface area (Å²) in [5.41, 5.74) is 2.84. The molecule has 0 saturated heterocycles. The Kier molecular flexibility index (Phi) is 3.28. The van der Waals surface area contributed by atoms with Gasteiger partial charge in [-0.15, -0.1) is 0 Å². The van der Waals surface area contributed by atoms with Crippen molar-refractivity contribution in [2.75, 3.05) is 6.61 Å². The standard InChI is InChI=1S/C14H18O2/c1-10-6-11(2)13(8-15)14(7-10)16-9-12-4-3-5-12/h6-8,12H,3-5,9H2,1-2H3. The summed E-state index contributed by atoms with van der Waals surface area (Å²) in [7, 11) is 0. The molecule has 0 radical (unpaired) electrons. The molecule has 2 rings (SSSR count). The molecule has 1 aliphatic rings. The Morgan fingerprint density at radius 3 is 2.69 bits per heavy atom. The van der Waals surface area contributed by atoms with Gasteiger partial charge in [-0.25, -0.2) is 0 Å². The molecule has 0 N–H and O–H groups in total. The van der Waals surface area contributed by atoms with Gasteiger partial charge in [0.05, 0.1) is 12.2 Å². The van der Waals surface area contributed by atoms with Crippen molar-refractivity contribution in [2.24, 2.45) is 5.92 Å². The van der Waals surface area contributed by atoms with Gasteiger partial charge in [0.1, 0.15) is 5.75 Å². The normalized spacial score (nSPS) is 15.6. The van der Waals surface area contributed by atoms with Crippen molar-refractivity contribution in [1.82, 2.24) is 0 Å². The highest BCUT2D eigenvalue weighted by Gasteiger charge is 2.18. The highest BCUT2D eigenvalue weighted by Crippen LogP contribution is 2.29. The molecule has 1 fully saturated rings. The monoisotopic (exact) mass is 218 g/mol. The molecule has 0 aliphatic heterocycles. The summed E-state index contributed by atoms with van der Waals surface area (Å²) in [5, 5.41) is 0. The summed E-state index contributed by atoms with van der Waals surface area (Å²) in [6.07, 6.45) is 4.74. The fourth-order valence-corrected chi connectivity index (χ4v) is 2.08. The third-order valence-corrected chi connectivity index (χ3v) is 3.31. The van der Waals surface area contributed by atoms with Gasteiger partial charge in [0.2, 0.25) is 0 Å². The summed E-state index contributed by atoms with van der Waals surface area (Å²) >= 11 is 0. The molecule has 1 aromatic rings. The quantitative estimate of drug-likeness (QED) is 0.725. The van der Waals surface area contributed by atoms with E-state index < -0.39 is 0 Å². The summed E-state index contributed by atoms with van der Waals surface area (Å²) in [4.78, 5) is 11.0. The zero-order valence-electron chi connectivity index (χ0n) is 9.95. The lowest BCUT2D eigenvalue weighted by atomic mass is 9.86. The van der Waals surface area contributed by atoms with E-state index in [-0.39, 0.29) is 0 Å². The molecule has 1 aliphatic carbocycles. The van der Waals surface area contributed by atoms with Crippen LogP contribution < -0.4 is 4.74 Å². The second-order valence-electron chi connectivity index (χ2n) is 4.72. The van der Waals surface area contributed by atoms with Gasteiger partial charge in [-0.1, -0.05) is 12.5 Å².